The molecule has 0 bridgehead atoms. The summed E-state index contributed by atoms with van der Waals surface area (Å²) in [6.45, 7) is 1.59. The van der Waals surface area contributed by atoms with E-state index in [2.05, 4.69) is 15.0 Å². The van der Waals surface area contributed by atoms with Crippen LogP contribution in [0.15, 0.2) is 12.7 Å². The van der Waals surface area contributed by atoms with Gasteiger partial charge in [-0.05, 0) is 0 Å². The maximum Gasteiger partial charge on any atom is 0.167 e. The van der Waals surface area contributed by atoms with Gasteiger partial charge in [0.15, 0.2) is 11.5 Å². The highest BCUT2D eigenvalue weighted by molar-refractivity contribution is 5.81. The summed E-state index contributed by atoms with van der Waals surface area (Å²) >= 11 is 0. The number of rotatable bonds is 5. The van der Waals surface area contributed by atoms with Crippen molar-refractivity contribution in [1.82, 2.24) is 19.5 Å². The number of hydrogen-bond donors (Lipinski definition) is 3. The number of aromatic nitrogens is 4. The number of fused-ring (bicyclic) bond motifs is 1. The first-order valence-corrected chi connectivity index (χ1v) is 5.84. The average molecular weight is 267 g/mol. The highest BCUT2D eigenvalue weighted by Crippen LogP contribution is 2.24. The van der Waals surface area contributed by atoms with Gasteiger partial charge in [0.1, 0.15) is 18.1 Å². The van der Waals surface area contributed by atoms with E-state index < -0.39 is 12.3 Å². The van der Waals surface area contributed by atoms with Gasteiger partial charge in [-0.2, -0.15) is 0 Å². The summed E-state index contributed by atoms with van der Waals surface area (Å²) in [6.07, 6.45) is 1.34. The summed E-state index contributed by atoms with van der Waals surface area (Å²) in [6, 6.07) is 0. The van der Waals surface area contributed by atoms with Gasteiger partial charge >= 0.3 is 0 Å². The molecule has 3 atom stereocenters. The molecule has 0 saturated carbocycles. The van der Waals surface area contributed by atoms with Crippen LogP contribution in [0, 0.1) is 5.92 Å². The molecule has 0 radical (unpaired) electrons. The van der Waals surface area contributed by atoms with Crippen molar-refractivity contribution in [3.63, 3.8) is 0 Å². The first-order valence-electron chi connectivity index (χ1n) is 5.84. The molecule has 2 rings (SSSR count). The molecule has 0 amide bonds. The van der Waals surface area contributed by atoms with E-state index in [0.29, 0.717) is 11.2 Å². The molecule has 0 saturated heterocycles. The first-order chi connectivity index (χ1) is 9.10. The summed E-state index contributed by atoms with van der Waals surface area (Å²) in [5.41, 5.74) is 6.57. The van der Waals surface area contributed by atoms with E-state index in [4.69, 9.17) is 10.5 Å². The van der Waals surface area contributed by atoms with Gasteiger partial charge in [0.05, 0.1) is 19.0 Å². The van der Waals surface area contributed by atoms with Crippen LogP contribution < -0.4 is 5.73 Å². The number of imidazole rings is 1. The maximum atomic E-state index is 10.3. The molecule has 0 aliphatic rings. The van der Waals surface area contributed by atoms with Crippen LogP contribution >= 0.6 is 0 Å². The lowest BCUT2D eigenvalue weighted by Gasteiger charge is -2.26. The van der Waals surface area contributed by atoms with Crippen molar-refractivity contribution in [3.05, 3.63) is 12.7 Å². The number of nitrogens with two attached hydrogens (primary N) is 1. The zero-order chi connectivity index (χ0) is 14.0. The third kappa shape index (κ3) is 2.37. The quantitative estimate of drug-likeness (QED) is 0.670. The van der Waals surface area contributed by atoms with Crippen molar-refractivity contribution in [1.29, 1.82) is 0 Å². The number of aliphatic hydroxyl groups excluding tert-OH is 2. The third-order valence-corrected chi connectivity index (χ3v) is 3.21. The zero-order valence-corrected chi connectivity index (χ0v) is 10.8. The fraction of sp³-hybridized carbons (Fsp3) is 0.545. The first kappa shape index (κ1) is 13.7. The van der Waals surface area contributed by atoms with Crippen molar-refractivity contribution in [2.45, 2.75) is 19.3 Å². The Bertz CT molecular complexity index is 554. The summed E-state index contributed by atoms with van der Waals surface area (Å²) in [5, 5.41) is 19.5. The van der Waals surface area contributed by atoms with E-state index in [1.54, 1.807) is 6.92 Å². The highest BCUT2D eigenvalue weighted by Gasteiger charge is 2.26. The van der Waals surface area contributed by atoms with E-state index in [1.165, 1.54) is 24.3 Å². The number of hydrogen-bond acceptors (Lipinski definition) is 7. The normalized spacial score (nSPS) is 16.4. The Morgan fingerprint density at radius 1 is 1.42 bits per heavy atom. The number of nitrogens with zero attached hydrogens (tertiary/aromatic N) is 4. The molecule has 2 aromatic rings. The minimum Gasteiger partial charge on any atom is -0.394 e. The minimum atomic E-state index is -0.934. The highest BCUT2D eigenvalue weighted by atomic mass is 16.5. The number of aliphatic hydroxyl groups is 2. The van der Waals surface area contributed by atoms with E-state index in [9.17, 15) is 10.2 Å². The number of methoxy groups -OCH3 is 1. The van der Waals surface area contributed by atoms with E-state index >= 15 is 0 Å². The lowest BCUT2D eigenvalue weighted by Crippen LogP contribution is -2.31. The second kappa shape index (κ2) is 5.47. The third-order valence-electron chi connectivity index (χ3n) is 3.21. The van der Waals surface area contributed by atoms with Crippen LogP contribution in [0.25, 0.3) is 11.2 Å². The molecule has 104 valence electrons. The molecule has 8 nitrogen and oxygen atoms in total. The predicted octanol–water partition coefficient (Wildman–Crippen LogP) is -0.457. The van der Waals surface area contributed by atoms with Gasteiger partial charge in [0.2, 0.25) is 0 Å². The second-order valence-electron chi connectivity index (χ2n) is 4.31. The minimum absolute atomic E-state index is 0.182. The van der Waals surface area contributed by atoms with Gasteiger partial charge in [-0.15, -0.1) is 0 Å². The molecule has 0 aromatic carbocycles. The Morgan fingerprint density at radius 2 is 2.16 bits per heavy atom. The molecule has 2 aromatic heterocycles. The molecule has 0 spiro atoms. The second-order valence-corrected chi connectivity index (χ2v) is 4.31. The Kier molecular flexibility index (Phi) is 3.93. The van der Waals surface area contributed by atoms with Gasteiger partial charge in [-0.3, -0.25) is 4.57 Å². The molecule has 0 aliphatic carbocycles. The average Bonchev–Trinajstić information content (AvgIpc) is 2.84. The van der Waals surface area contributed by atoms with E-state index in [-0.39, 0.29) is 18.3 Å². The van der Waals surface area contributed by atoms with E-state index in [0.717, 1.165) is 0 Å². The van der Waals surface area contributed by atoms with Gasteiger partial charge in [-0.25, -0.2) is 15.0 Å². The van der Waals surface area contributed by atoms with Crippen LogP contribution in [0.4, 0.5) is 5.82 Å². The van der Waals surface area contributed by atoms with Crippen LogP contribution in [-0.4, -0.2) is 49.6 Å². The Morgan fingerprint density at radius 3 is 2.79 bits per heavy atom. The van der Waals surface area contributed by atoms with Crippen LogP contribution in [0.2, 0.25) is 0 Å². The Hall–Kier alpha value is -1.77. The molecule has 8 heteroatoms. The lowest BCUT2D eigenvalue weighted by atomic mass is 10.0. The molecule has 0 unspecified atom stereocenters. The van der Waals surface area contributed by atoms with Gasteiger partial charge < -0.3 is 20.7 Å². The fourth-order valence-electron chi connectivity index (χ4n) is 1.96. The smallest absolute Gasteiger partial charge is 0.167 e. The van der Waals surface area contributed by atoms with Gasteiger partial charge in [-0.1, -0.05) is 6.92 Å². The zero-order valence-electron chi connectivity index (χ0n) is 10.8. The molecular formula is C11H17N5O3. The van der Waals surface area contributed by atoms with Crippen molar-refractivity contribution >= 4 is 17.0 Å². The van der Waals surface area contributed by atoms with Crippen LogP contribution in [0.1, 0.15) is 13.2 Å². The van der Waals surface area contributed by atoms with Crippen LogP contribution in [0.3, 0.4) is 0 Å². The van der Waals surface area contributed by atoms with Crippen molar-refractivity contribution < 1.29 is 14.9 Å². The summed E-state index contributed by atoms with van der Waals surface area (Å²) in [5.74, 6) is -0.0855. The van der Waals surface area contributed by atoms with Crippen molar-refractivity contribution in [2.24, 2.45) is 5.92 Å². The number of anilines is 1. The topological polar surface area (TPSA) is 119 Å². The van der Waals surface area contributed by atoms with Crippen molar-refractivity contribution in [3.8, 4) is 0 Å². The molecule has 19 heavy (non-hydrogen) atoms. The monoisotopic (exact) mass is 267 g/mol. The fourth-order valence-corrected chi connectivity index (χ4v) is 1.96. The Balaban J connectivity index is 2.36. The lowest BCUT2D eigenvalue weighted by molar-refractivity contribution is -0.0583. The number of ether oxygens (including phenoxy) is 1. The van der Waals surface area contributed by atoms with Gasteiger partial charge in [0.25, 0.3) is 0 Å². The Labute approximate surface area is 109 Å². The standard InChI is InChI=1S/C11H17N5O3/c1-6(7(3-17)19-2)11(18)16-5-15-8-9(12)13-4-14-10(8)16/h4-7,11,17-18H,3H2,1-2H3,(H2,12,13,14)/t6-,7-,11-/m1/s1. The summed E-state index contributed by atoms with van der Waals surface area (Å²) in [7, 11) is 1.48. The van der Waals surface area contributed by atoms with Crippen LogP contribution in [-0.2, 0) is 4.74 Å². The summed E-state index contributed by atoms with van der Waals surface area (Å²) in [4.78, 5) is 12.0. The molecular weight excluding hydrogens is 250 g/mol. The summed E-state index contributed by atoms with van der Waals surface area (Å²) < 4.78 is 6.60. The van der Waals surface area contributed by atoms with Gasteiger partial charge in [0, 0.05) is 13.0 Å². The SMILES string of the molecule is CO[C@H](CO)[C@@H](C)[C@@H](O)n1cnc2c(N)ncnc21. The molecule has 4 N–H and O–H groups in total. The van der Waals surface area contributed by atoms with Crippen molar-refractivity contribution in [2.75, 3.05) is 19.5 Å². The predicted molar refractivity (Wildman–Crippen MR) is 68.0 cm³/mol. The maximum absolute atomic E-state index is 10.3. The largest absolute Gasteiger partial charge is 0.394 e. The molecule has 2 heterocycles. The molecule has 0 fully saturated rings. The van der Waals surface area contributed by atoms with E-state index in [1.807, 2.05) is 0 Å². The molecule has 0 aliphatic heterocycles. The van der Waals surface area contributed by atoms with Crippen LogP contribution in [0.5, 0.6) is 0 Å². The number of nitrogen functional groups attached to an aromatic ring is 1.